The maximum Gasteiger partial charge on any atom is 0.224 e. The van der Waals surface area contributed by atoms with Gasteiger partial charge in [0.15, 0.2) is 14.5 Å². The Hall–Kier alpha value is -1.38. The second-order valence-electron chi connectivity index (χ2n) is 6.12. The van der Waals surface area contributed by atoms with Gasteiger partial charge < -0.3 is 5.32 Å². The molecule has 8 heteroatoms. The molecule has 0 fully saturated rings. The molecule has 5 nitrogen and oxygen atoms in total. The number of hydrogen-bond acceptors (Lipinski definition) is 7. The number of thioether (sulfide) groups is 2. The SMILES string of the molecule is CCCSc1nnc(SCC(=O)c2ccc(NC(=O)CC(C)C)cc2)s1. The predicted octanol–water partition coefficient (Wildman–Crippen LogP) is 5.00. The van der Waals surface area contributed by atoms with Crippen LogP contribution in [-0.2, 0) is 4.79 Å². The number of carbonyl (C=O) groups excluding carboxylic acids is 2. The van der Waals surface area contributed by atoms with E-state index in [1.165, 1.54) is 23.1 Å². The minimum Gasteiger partial charge on any atom is -0.326 e. The second-order valence-corrected chi connectivity index (χ2v) is 9.66. The van der Waals surface area contributed by atoms with Crippen LogP contribution in [0.1, 0.15) is 44.0 Å². The summed E-state index contributed by atoms with van der Waals surface area (Å²) in [6.07, 6.45) is 1.58. The van der Waals surface area contributed by atoms with Gasteiger partial charge in [0.05, 0.1) is 5.75 Å². The molecule has 0 saturated heterocycles. The van der Waals surface area contributed by atoms with Gasteiger partial charge in [0.25, 0.3) is 0 Å². The molecule has 0 unspecified atom stereocenters. The first-order chi connectivity index (χ1) is 12.5. The van der Waals surface area contributed by atoms with E-state index in [0.29, 0.717) is 29.3 Å². The molecular weight excluding hydrogens is 386 g/mol. The van der Waals surface area contributed by atoms with Crippen molar-refractivity contribution in [1.29, 1.82) is 0 Å². The monoisotopic (exact) mass is 409 g/mol. The number of ketones is 1. The van der Waals surface area contributed by atoms with Gasteiger partial charge in [-0.05, 0) is 36.6 Å². The number of nitrogens with one attached hydrogen (secondary N) is 1. The van der Waals surface area contributed by atoms with Gasteiger partial charge in [0.1, 0.15) is 0 Å². The Bertz CT molecular complexity index is 730. The van der Waals surface area contributed by atoms with Crippen molar-refractivity contribution in [2.24, 2.45) is 5.92 Å². The molecule has 0 radical (unpaired) electrons. The first-order valence-corrected chi connectivity index (χ1v) is 11.3. The lowest BCUT2D eigenvalue weighted by atomic mass is 10.1. The maximum atomic E-state index is 12.3. The molecule has 1 aromatic heterocycles. The average Bonchev–Trinajstić information content (AvgIpc) is 3.05. The fraction of sp³-hybridized carbons (Fsp3) is 0.444. The summed E-state index contributed by atoms with van der Waals surface area (Å²) in [6, 6.07) is 7.02. The third kappa shape index (κ3) is 7.09. The number of nitrogens with zero attached hydrogens (tertiary/aromatic N) is 2. The lowest BCUT2D eigenvalue weighted by Gasteiger charge is -2.07. The normalized spacial score (nSPS) is 10.9. The highest BCUT2D eigenvalue weighted by atomic mass is 32.2. The number of carbonyl (C=O) groups is 2. The number of benzene rings is 1. The summed E-state index contributed by atoms with van der Waals surface area (Å²) in [5.74, 6) is 1.69. The third-order valence-electron chi connectivity index (χ3n) is 3.23. The highest BCUT2D eigenvalue weighted by Crippen LogP contribution is 2.29. The number of amides is 1. The fourth-order valence-corrected chi connectivity index (χ4v) is 4.88. The lowest BCUT2D eigenvalue weighted by Crippen LogP contribution is -2.14. The molecule has 0 aliphatic heterocycles. The van der Waals surface area contributed by atoms with E-state index in [1.54, 1.807) is 36.0 Å². The summed E-state index contributed by atoms with van der Waals surface area (Å²) in [5, 5.41) is 11.1. The zero-order valence-corrected chi connectivity index (χ0v) is 17.6. The maximum absolute atomic E-state index is 12.3. The Kier molecular flexibility index (Phi) is 8.61. The molecule has 26 heavy (non-hydrogen) atoms. The standard InChI is InChI=1S/C18H23N3O2S3/c1-4-9-24-17-20-21-18(26-17)25-11-15(22)13-5-7-14(8-6-13)19-16(23)10-12(2)3/h5-8,12H,4,9-11H2,1-3H3,(H,19,23). The molecule has 140 valence electrons. The molecule has 1 amide bonds. The summed E-state index contributed by atoms with van der Waals surface area (Å²) in [5.41, 5.74) is 1.34. The van der Waals surface area contributed by atoms with Crippen LogP contribution in [0.25, 0.3) is 0 Å². The molecule has 0 aliphatic rings. The van der Waals surface area contributed by atoms with Crippen LogP contribution in [0.15, 0.2) is 32.9 Å². The summed E-state index contributed by atoms with van der Waals surface area (Å²) in [7, 11) is 0. The molecule has 0 aliphatic carbocycles. The van der Waals surface area contributed by atoms with Gasteiger partial charge in [-0.2, -0.15) is 0 Å². The third-order valence-corrected chi connectivity index (χ3v) is 6.62. The van der Waals surface area contributed by atoms with Gasteiger partial charge in [-0.25, -0.2) is 0 Å². The first-order valence-electron chi connectivity index (χ1n) is 8.50. The van der Waals surface area contributed by atoms with Gasteiger partial charge in [-0.3, -0.25) is 9.59 Å². The summed E-state index contributed by atoms with van der Waals surface area (Å²) in [6.45, 7) is 6.13. The molecule has 1 heterocycles. The Morgan fingerprint density at radius 3 is 2.38 bits per heavy atom. The molecule has 1 aromatic carbocycles. The number of aromatic nitrogens is 2. The van der Waals surface area contributed by atoms with Crippen LogP contribution in [0.3, 0.4) is 0 Å². The largest absolute Gasteiger partial charge is 0.326 e. The highest BCUT2D eigenvalue weighted by Gasteiger charge is 2.11. The Morgan fingerprint density at radius 1 is 1.12 bits per heavy atom. The van der Waals surface area contributed by atoms with E-state index < -0.39 is 0 Å². The van der Waals surface area contributed by atoms with E-state index >= 15 is 0 Å². The molecule has 1 N–H and O–H groups in total. The number of anilines is 1. The van der Waals surface area contributed by atoms with Crippen molar-refractivity contribution >= 4 is 52.2 Å². The van der Waals surface area contributed by atoms with E-state index in [0.717, 1.165) is 20.9 Å². The van der Waals surface area contributed by atoms with Crippen LogP contribution < -0.4 is 5.32 Å². The lowest BCUT2D eigenvalue weighted by molar-refractivity contribution is -0.116. The quantitative estimate of drug-likeness (QED) is 0.440. The Morgan fingerprint density at radius 2 is 1.77 bits per heavy atom. The van der Waals surface area contributed by atoms with Gasteiger partial charge in [0.2, 0.25) is 5.91 Å². The molecular formula is C18H23N3O2S3. The Labute approximate surface area is 166 Å². The van der Waals surface area contributed by atoms with Crippen molar-refractivity contribution in [1.82, 2.24) is 10.2 Å². The zero-order valence-electron chi connectivity index (χ0n) is 15.2. The van der Waals surface area contributed by atoms with E-state index in [4.69, 9.17) is 0 Å². The van der Waals surface area contributed by atoms with Crippen LogP contribution in [0, 0.1) is 5.92 Å². The topological polar surface area (TPSA) is 72.0 Å². The predicted molar refractivity (Wildman–Crippen MR) is 111 cm³/mol. The van der Waals surface area contributed by atoms with Gasteiger partial charge in [-0.15, -0.1) is 10.2 Å². The number of hydrogen-bond donors (Lipinski definition) is 1. The van der Waals surface area contributed by atoms with Crippen molar-refractivity contribution < 1.29 is 9.59 Å². The van der Waals surface area contributed by atoms with E-state index in [-0.39, 0.29) is 11.7 Å². The van der Waals surface area contributed by atoms with Crippen LogP contribution in [0.5, 0.6) is 0 Å². The van der Waals surface area contributed by atoms with E-state index in [2.05, 4.69) is 22.4 Å². The molecule has 0 bridgehead atoms. The first kappa shape index (κ1) is 20.9. The molecule has 2 aromatic rings. The van der Waals surface area contributed by atoms with Gasteiger partial charge in [0, 0.05) is 23.4 Å². The number of rotatable bonds is 10. The summed E-state index contributed by atoms with van der Waals surface area (Å²) >= 11 is 4.63. The van der Waals surface area contributed by atoms with Gasteiger partial charge >= 0.3 is 0 Å². The van der Waals surface area contributed by atoms with Crippen molar-refractivity contribution in [2.75, 3.05) is 16.8 Å². The van der Waals surface area contributed by atoms with Gasteiger partial charge in [-0.1, -0.05) is 55.6 Å². The average molecular weight is 410 g/mol. The van der Waals surface area contributed by atoms with Crippen LogP contribution in [-0.4, -0.2) is 33.4 Å². The van der Waals surface area contributed by atoms with Crippen molar-refractivity contribution in [3.05, 3.63) is 29.8 Å². The van der Waals surface area contributed by atoms with E-state index in [1.807, 2.05) is 13.8 Å². The minimum atomic E-state index is -0.0114. The summed E-state index contributed by atoms with van der Waals surface area (Å²) < 4.78 is 1.76. The van der Waals surface area contributed by atoms with Crippen LogP contribution >= 0.6 is 34.9 Å². The van der Waals surface area contributed by atoms with Crippen molar-refractivity contribution in [3.8, 4) is 0 Å². The van der Waals surface area contributed by atoms with Crippen molar-refractivity contribution in [3.63, 3.8) is 0 Å². The van der Waals surface area contributed by atoms with Crippen LogP contribution in [0.2, 0.25) is 0 Å². The van der Waals surface area contributed by atoms with E-state index in [9.17, 15) is 9.59 Å². The molecule has 0 spiro atoms. The number of Topliss-reactive ketones (excluding diaryl/α,β-unsaturated/α-hetero) is 1. The zero-order chi connectivity index (χ0) is 18.9. The molecule has 0 saturated carbocycles. The molecule has 0 atom stereocenters. The Balaban J connectivity index is 1.83. The smallest absolute Gasteiger partial charge is 0.224 e. The highest BCUT2D eigenvalue weighted by molar-refractivity contribution is 8.03. The fourth-order valence-electron chi connectivity index (χ4n) is 2.04. The summed E-state index contributed by atoms with van der Waals surface area (Å²) in [4.78, 5) is 24.1. The van der Waals surface area contributed by atoms with Crippen molar-refractivity contribution in [2.45, 2.75) is 42.3 Å². The van der Waals surface area contributed by atoms with Crippen LogP contribution in [0.4, 0.5) is 5.69 Å². The molecule has 2 rings (SSSR count). The second kappa shape index (κ2) is 10.7. The minimum absolute atomic E-state index is 0.0114.